The Kier molecular flexibility index (Phi) is 6.93. The lowest BCUT2D eigenvalue weighted by molar-refractivity contribution is -0.124. The molecule has 32 heavy (non-hydrogen) atoms. The molecule has 0 aliphatic carbocycles. The summed E-state index contributed by atoms with van der Waals surface area (Å²) in [5, 5.41) is 14.2. The van der Waals surface area contributed by atoms with E-state index in [9.17, 15) is 9.90 Å². The second-order valence-electron chi connectivity index (χ2n) is 8.49. The van der Waals surface area contributed by atoms with Gasteiger partial charge in [-0.1, -0.05) is 23.7 Å². The smallest absolute Gasteiger partial charge is 0.221 e. The predicted molar refractivity (Wildman–Crippen MR) is 125 cm³/mol. The Bertz CT molecular complexity index is 1050. The highest BCUT2D eigenvalue weighted by molar-refractivity contribution is 6.30. The van der Waals surface area contributed by atoms with E-state index in [4.69, 9.17) is 17.3 Å². The van der Waals surface area contributed by atoms with Gasteiger partial charge in [-0.2, -0.15) is 0 Å². The molecule has 1 aliphatic heterocycles. The lowest BCUT2D eigenvalue weighted by Crippen LogP contribution is -2.47. The molecule has 1 fully saturated rings. The van der Waals surface area contributed by atoms with Crippen molar-refractivity contribution in [3.8, 4) is 0 Å². The molecule has 3 heterocycles. The molecular weight excluding hydrogens is 428 g/mol. The number of halogens is 1. The van der Waals surface area contributed by atoms with E-state index in [2.05, 4.69) is 25.2 Å². The van der Waals surface area contributed by atoms with Crippen LogP contribution in [0.3, 0.4) is 0 Å². The monoisotopic (exact) mass is 456 g/mol. The Morgan fingerprint density at radius 3 is 2.69 bits per heavy atom. The van der Waals surface area contributed by atoms with Gasteiger partial charge in [-0.05, 0) is 55.0 Å². The number of carbonyl (C=O) groups is 1. The van der Waals surface area contributed by atoms with Gasteiger partial charge in [-0.15, -0.1) is 0 Å². The van der Waals surface area contributed by atoms with Gasteiger partial charge in [0.2, 0.25) is 5.91 Å². The number of H-pyrrole nitrogens is 1. The van der Waals surface area contributed by atoms with E-state index in [0.29, 0.717) is 24.4 Å². The summed E-state index contributed by atoms with van der Waals surface area (Å²) < 4.78 is 0. The molecule has 5 N–H and O–H groups in total. The second kappa shape index (κ2) is 9.85. The van der Waals surface area contributed by atoms with Crippen LogP contribution in [0, 0.1) is 5.41 Å². The number of aliphatic hydroxyl groups excluding tert-OH is 1. The standard InChI is InChI=1S/C23H29ClN6O2/c24-17-3-1-16(2-4-17)19(6-12-31)29-20(32)13-23(14-25)7-10-30(11-8-23)22-18-5-9-26-21(18)27-15-28-22/h1-5,9,15,19,31H,6-8,10-14,25H2,(H,29,32)(H,26,27,28)/t19-/m0/s1. The number of nitrogens with two attached hydrogens (primary N) is 1. The average Bonchev–Trinajstić information content (AvgIpc) is 3.29. The zero-order chi connectivity index (χ0) is 22.6. The van der Waals surface area contributed by atoms with Crippen molar-refractivity contribution in [2.75, 3.05) is 31.1 Å². The summed E-state index contributed by atoms with van der Waals surface area (Å²) in [6.45, 7) is 1.98. The molecule has 0 radical (unpaired) electrons. The summed E-state index contributed by atoms with van der Waals surface area (Å²) in [5.41, 5.74) is 7.67. The zero-order valence-corrected chi connectivity index (χ0v) is 18.7. The first kappa shape index (κ1) is 22.5. The summed E-state index contributed by atoms with van der Waals surface area (Å²) in [6, 6.07) is 9.06. The van der Waals surface area contributed by atoms with E-state index in [1.807, 2.05) is 24.4 Å². The molecule has 1 atom stereocenters. The van der Waals surface area contributed by atoms with E-state index in [1.165, 1.54) is 0 Å². The molecule has 170 valence electrons. The van der Waals surface area contributed by atoms with Crippen LogP contribution in [0.4, 0.5) is 5.82 Å². The number of anilines is 1. The number of benzene rings is 1. The molecule has 0 unspecified atom stereocenters. The summed E-state index contributed by atoms with van der Waals surface area (Å²) in [6.07, 6.45) is 5.85. The van der Waals surface area contributed by atoms with Crippen LogP contribution < -0.4 is 16.0 Å². The molecular formula is C23H29ClN6O2. The highest BCUT2D eigenvalue weighted by atomic mass is 35.5. The molecule has 0 saturated carbocycles. The van der Waals surface area contributed by atoms with Gasteiger partial charge in [-0.25, -0.2) is 9.97 Å². The number of amides is 1. The van der Waals surface area contributed by atoms with Crippen LogP contribution >= 0.6 is 11.6 Å². The Morgan fingerprint density at radius 1 is 1.25 bits per heavy atom. The number of aromatic nitrogens is 3. The first-order valence-electron chi connectivity index (χ1n) is 10.9. The van der Waals surface area contributed by atoms with Crippen molar-refractivity contribution in [2.45, 2.75) is 31.7 Å². The number of carbonyl (C=O) groups excluding carboxylic acids is 1. The van der Waals surface area contributed by atoms with Crippen LogP contribution in [0.1, 0.15) is 37.3 Å². The minimum absolute atomic E-state index is 0.0167. The van der Waals surface area contributed by atoms with Gasteiger partial charge in [-0.3, -0.25) is 4.79 Å². The van der Waals surface area contributed by atoms with Gasteiger partial charge in [0, 0.05) is 37.3 Å². The van der Waals surface area contributed by atoms with Crippen molar-refractivity contribution < 1.29 is 9.90 Å². The van der Waals surface area contributed by atoms with Crippen LogP contribution in [-0.2, 0) is 4.79 Å². The first-order valence-corrected chi connectivity index (χ1v) is 11.3. The normalized spacial score (nSPS) is 16.8. The van der Waals surface area contributed by atoms with Crippen LogP contribution in [-0.4, -0.2) is 52.2 Å². The van der Waals surface area contributed by atoms with E-state index < -0.39 is 0 Å². The Hall–Kier alpha value is -2.68. The molecule has 0 bridgehead atoms. The van der Waals surface area contributed by atoms with E-state index >= 15 is 0 Å². The van der Waals surface area contributed by atoms with Gasteiger partial charge in [0.1, 0.15) is 17.8 Å². The fourth-order valence-corrected chi connectivity index (χ4v) is 4.61. The maximum absolute atomic E-state index is 13.0. The van der Waals surface area contributed by atoms with E-state index in [1.54, 1.807) is 18.5 Å². The van der Waals surface area contributed by atoms with Crippen molar-refractivity contribution in [1.82, 2.24) is 20.3 Å². The molecule has 3 aromatic rings. The average molecular weight is 457 g/mol. The SMILES string of the molecule is NCC1(CC(=O)N[C@@H](CCO)c2ccc(Cl)cc2)CCN(c2ncnc3[nH]ccc23)CC1. The van der Waals surface area contributed by atoms with Crippen molar-refractivity contribution in [2.24, 2.45) is 11.1 Å². The minimum Gasteiger partial charge on any atom is -0.396 e. The fraction of sp³-hybridized carbons (Fsp3) is 0.435. The molecule has 4 rings (SSSR count). The molecule has 1 saturated heterocycles. The second-order valence-corrected chi connectivity index (χ2v) is 8.93. The third-order valence-corrected chi connectivity index (χ3v) is 6.70. The van der Waals surface area contributed by atoms with Crippen LogP contribution in [0.25, 0.3) is 11.0 Å². The number of hydrogen-bond acceptors (Lipinski definition) is 6. The number of rotatable bonds is 8. The largest absolute Gasteiger partial charge is 0.396 e. The summed E-state index contributed by atoms with van der Waals surface area (Å²) in [5.74, 6) is 0.865. The maximum atomic E-state index is 13.0. The highest BCUT2D eigenvalue weighted by Gasteiger charge is 2.36. The molecule has 1 amide bonds. The first-order chi connectivity index (χ1) is 15.5. The molecule has 0 spiro atoms. The van der Waals surface area contributed by atoms with Crippen molar-refractivity contribution in [1.29, 1.82) is 0 Å². The summed E-state index contributed by atoms with van der Waals surface area (Å²) >= 11 is 5.98. The molecule has 8 nitrogen and oxygen atoms in total. The van der Waals surface area contributed by atoms with Crippen molar-refractivity contribution >= 4 is 34.4 Å². The Morgan fingerprint density at radius 2 is 2.00 bits per heavy atom. The van der Waals surface area contributed by atoms with Gasteiger partial charge < -0.3 is 26.0 Å². The molecule has 1 aromatic carbocycles. The molecule has 2 aromatic heterocycles. The lowest BCUT2D eigenvalue weighted by atomic mass is 9.75. The van der Waals surface area contributed by atoms with Crippen molar-refractivity contribution in [3.63, 3.8) is 0 Å². The third kappa shape index (κ3) is 4.87. The number of nitrogens with one attached hydrogen (secondary N) is 2. The van der Waals surface area contributed by atoms with Crippen molar-refractivity contribution in [3.05, 3.63) is 53.4 Å². The van der Waals surface area contributed by atoms with Crippen LogP contribution in [0.2, 0.25) is 5.02 Å². The van der Waals surface area contributed by atoms with Gasteiger partial charge in [0.15, 0.2) is 0 Å². The fourth-order valence-electron chi connectivity index (χ4n) is 4.49. The van der Waals surface area contributed by atoms with E-state index in [0.717, 1.165) is 48.3 Å². The third-order valence-electron chi connectivity index (χ3n) is 6.45. The number of fused-ring (bicyclic) bond motifs is 1. The Balaban J connectivity index is 1.40. The number of piperidine rings is 1. The Labute approximate surface area is 192 Å². The van der Waals surface area contributed by atoms with Crippen LogP contribution in [0.5, 0.6) is 0 Å². The van der Waals surface area contributed by atoms with Gasteiger partial charge in [0.25, 0.3) is 0 Å². The number of nitrogens with zero attached hydrogens (tertiary/aromatic N) is 3. The lowest BCUT2D eigenvalue weighted by Gasteiger charge is -2.41. The summed E-state index contributed by atoms with van der Waals surface area (Å²) in [4.78, 5) is 27.1. The maximum Gasteiger partial charge on any atom is 0.221 e. The molecule has 9 heteroatoms. The topological polar surface area (TPSA) is 120 Å². The minimum atomic E-state index is -0.262. The summed E-state index contributed by atoms with van der Waals surface area (Å²) in [7, 11) is 0. The number of aliphatic hydroxyl groups is 1. The predicted octanol–water partition coefficient (Wildman–Crippen LogP) is 2.79. The van der Waals surface area contributed by atoms with Gasteiger partial charge in [0.05, 0.1) is 11.4 Å². The number of aromatic amines is 1. The molecule has 1 aliphatic rings. The zero-order valence-electron chi connectivity index (χ0n) is 17.9. The number of hydrogen-bond donors (Lipinski definition) is 4. The van der Waals surface area contributed by atoms with Gasteiger partial charge >= 0.3 is 0 Å². The highest BCUT2D eigenvalue weighted by Crippen LogP contribution is 2.37. The van der Waals surface area contributed by atoms with E-state index in [-0.39, 0.29) is 24.0 Å². The van der Waals surface area contributed by atoms with Crippen LogP contribution in [0.15, 0.2) is 42.9 Å². The quantitative estimate of drug-likeness (QED) is 0.413.